The minimum Gasteiger partial charge on any atom is -0.381 e. The number of hydrogen-bond acceptors (Lipinski definition) is 8. The number of amidine groups is 1. The van der Waals surface area contributed by atoms with Crippen LogP contribution in [0.15, 0.2) is 27.9 Å². The largest absolute Gasteiger partial charge is 0.381 e. The number of amides is 2. The number of nitrogens with one attached hydrogen (secondary N) is 1. The van der Waals surface area contributed by atoms with Crippen molar-refractivity contribution in [3.63, 3.8) is 0 Å². The zero-order chi connectivity index (χ0) is 19.1. The predicted octanol–water partition coefficient (Wildman–Crippen LogP) is 0.812. The van der Waals surface area contributed by atoms with Crippen LogP contribution < -0.4 is 5.32 Å². The first-order chi connectivity index (χ1) is 13.7. The third kappa shape index (κ3) is 3.26. The second-order valence-corrected chi connectivity index (χ2v) is 7.95. The van der Waals surface area contributed by atoms with Gasteiger partial charge >= 0.3 is 6.03 Å². The van der Waals surface area contributed by atoms with Crippen molar-refractivity contribution in [3.05, 3.63) is 24.2 Å². The summed E-state index contributed by atoms with van der Waals surface area (Å²) in [5.41, 5.74) is 0. The Morgan fingerprint density at radius 2 is 2.14 bits per heavy atom. The van der Waals surface area contributed by atoms with Crippen LogP contribution in [0.4, 0.5) is 4.79 Å². The average molecular weight is 387 g/mol. The number of carbonyl (C=O) groups excluding carboxylic acids is 1. The number of aromatic nitrogens is 2. The van der Waals surface area contributed by atoms with E-state index in [0.717, 1.165) is 50.8 Å². The monoisotopic (exact) mass is 387 g/mol. The quantitative estimate of drug-likeness (QED) is 0.816. The number of fused-ring (bicyclic) bond motifs is 1. The number of urea groups is 1. The molecule has 5 rings (SSSR count). The molecule has 1 aromatic rings. The Labute approximate surface area is 163 Å². The van der Waals surface area contributed by atoms with Crippen molar-refractivity contribution in [2.45, 2.75) is 32.4 Å². The van der Waals surface area contributed by atoms with Crippen molar-refractivity contribution in [1.82, 2.24) is 30.2 Å². The smallest absolute Gasteiger partial charge is 0.329 e. The third-order valence-electron chi connectivity index (χ3n) is 6.04. The Morgan fingerprint density at radius 1 is 1.29 bits per heavy atom. The number of carbonyl (C=O) groups is 1. The molecule has 150 valence electrons. The van der Waals surface area contributed by atoms with Gasteiger partial charge in [-0.15, -0.1) is 0 Å². The van der Waals surface area contributed by atoms with E-state index in [9.17, 15) is 4.79 Å². The van der Waals surface area contributed by atoms with Crippen LogP contribution in [0.25, 0.3) is 0 Å². The van der Waals surface area contributed by atoms with Gasteiger partial charge in [0.2, 0.25) is 5.89 Å². The van der Waals surface area contributed by atoms with Gasteiger partial charge in [-0.25, -0.2) is 9.79 Å². The highest BCUT2D eigenvalue weighted by Gasteiger charge is 2.40. The molecule has 0 bridgehead atoms. The molecule has 0 aliphatic carbocycles. The summed E-state index contributed by atoms with van der Waals surface area (Å²) in [6.07, 6.45) is 5.42. The minimum atomic E-state index is -0.0895. The number of ether oxygens (including phenoxy) is 1. The summed E-state index contributed by atoms with van der Waals surface area (Å²) in [5, 5.41) is 6.69. The fourth-order valence-corrected chi connectivity index (χ4v) is 4.50. The molecule has 0 saturated carbocycles. The van der Waals surface area contributed by atoms with Gasteiger partial charge in [0.25, 0.3) is 0 Å². The highest BCUT2D eigenvalue weighted by atomic mass is 16.5. The van der Waals surface area contributed by atoms with Gasteiger partial charge in [-0.05, 0) is 18.8 Å². The van der Waals surface area contributed by atoms with E-state index < -0.39 is 0 Å². The summed E-state index contributed by atoms with van der Waals surface area (Å²) in [6, 6.07) is 0.321. The first kappa shape index (κ1) is 17.6. The molecule has 0 spiro atoms. The van der Waals surface area contributed by atoms with Crippen molar-refractivity contribution in [2.24, 2.45) is 16.8 Å². The Morgan fingerprint density at radius 3 is 2.93 bits per heavy atom. The van der Waals surface area contributed by atoms with Gasteiger partial charge in [-0.1, -0.05) is 12.1 Å². The van der Waals surface area contributed by atoms with Gasteiger partial charge in [-0.3, -0.25) is 15.1 Å². The number of aliphatic imine (C=N–C) groups is 1. The molecule has 10 heteroatoms. The van der Waals surface area contributed by atoms with E-state index in [-0.39, 0.29) is 11.9 Å². The molecule has 2 saturated heterocycles. The molecule has 4 aliphatic rings. The Bertz CT molecular complexity index is 787. The predicted molar refractivity (Wildman–Crippen MR) is 98.7 cm³/mol. The van der Waals surface area contributed by atoms with E-state index in [0.29, 0.717) is 31.1 Å². The molecule has 2 unspecified atom stereocenters. The zero-order valence-corrected chi connectivity index (χ0v) is 16.0. The van der Waals surface area contributed by atoms with Crippen LogP contribution in [-0.2, 0) is 11.3 Å². The summed E-state index contributed by atoms with van der Waals surface area (Å²) in [5.74, 6) is 2.67. The minimum absolute atomic E-state index is 0.0895. The van der Waals surface area contributed by atoms with E-state index in [1.807, 2.05) is 6.20 Å². The number of hydrogen-bond donors (Lipinski definition) is 1. The highest BCUT2D eigenvalue weighted by molar-refractivity contribution is 6.02. The molecule has 10 nitrogen and oxygen atoms in total. The van der Waals surface area contributed by atoms with E-state index in [4.69, 9.17) is 14.3 Å². The normalized spacial score (nSPS) is 29.0. The van der Waals surface area contributed by atoms with Crippen molar-refractivity contribution in [2.75, 3.05) is 33.0 Å². The van der Waals surface area contributed by atoms with Crippen LogP contribution in [0.2, 0.25) is 0 Å². The maximum absolute atomic E-state index is 12.7. The Balaban J connectivity index is 1.30. The molecule has 4 aliphatic heterocycles. The topological polar surface area (TPSA) is 99.3 Å². The summed E-state index contributed by atoms with van der Waals surface area (Å²) < 4.78 is 10.6. The molecule has 2 amide bonds. The maximum Gasteiger partial charge on any atom is 0.329 e. The summed E-state index contributed by atoms with van der Waals surface area (Å²) in [6.45, 7) is 6.64. The lowest BCUT2D eigenvalue weighted by molar-refractivity contribution is 0.0459. The molecular weight excluding hydrogens is 362 g/mol. The van der Waals surface area contributed by atoms with Gasteiger partial charge in [0.05, 0.1) is 6.54 Å². The Kier molecular flexibility index (Phi) is 4.52. The average Bonchev–Trinajstić information content (AvgIpc) is 3.43. The lowest BCUT2D eigenvalue weighted by Gasteiger charge is -2.32. The van der Waals surface area contributed by atoms with Crippen LogP contribution in [0.1, 0.15) is 25.7 Å². The van der Waals surface area contributed by atoms with E-state index in [1.54, 1.807) is 4.90 Å². The fourth-order valence-electron chi connectivity index (χ4n) is 4.50. The van der Waals surface area contributed by atoms with Crippen molar-refractivity contribution >= 4 is 11.9 Å². The van der Waals surface area contributed by atoms with Gasteiger partial charge < -0.3 is 14.2 Å². The van der Waals surface area contributed by atoms with E-state index >= 15 is 0 Å². The molecular formula is C18H25N7O3. The van der Waals surface area contributed by atoms with Crippen LogP contribution >= 0.6 is 0 Å². The standard InChI is InChI=1S/C18H25N7O3/c1-12-6-23(9-16-19-10-20-28-16)7-14(12)17-21-15-8-24(11-25(15)18(26)22-17)13-2-4-27-5-3-13/h8,10,12-14H,2-7,9,11H2,1H3,(H,21,22,26). The van der Waals surface area contributed by atoms with Crippen molar-refractivity contribution < 1.29 is 14.1 Å². The first-order valence-electron chi connectivity index (χ1n) is 9.87. The fraction of sp³-hybridized carbons (Fsp3) is 0.667. The van der Waals surface area contributed by atoms with E-state index in [1.165, 1.54) is 6.33 Å². The molecule has 1 N–H and O–H groups in total. The molecule has 0 radical (unpaired) electrons. The van der Waals surface area contributed by atoms with Gasteiger partial charge in [0.15, 0.2) is 12.1 Å². The lowest BCUT2D eigenvalue weighted by atomic mass is 9.96. The zero-order valence-electron chi connectivity index (χ0n) is 16.0. The van der Waals surface area contributed by atoms with Crippen LogP contribution in [0, 0.1) is 11.8 Å². The SMILES string of the molecule is CC1CN(Cc2ncno2)CC1C1=NC2=CN(C3CCOCC3)CN2C(=O)N1. The van der Waals surface area contributed by atoms with Gasteiger partial charge in [-0.2, -0.15) is 4.98 Å². The van der Waals surface area contributed by atoms with Crippen molar-refractivity contribution in [1.29, 1.82) is 0 Å². The third-order valence-corrected chi connectivity index (χ3v) is 6.04. The molecule has 0 aromatic carbocycles. The second-order valence-electron chi connectivity index (χ2n) is 7.95. The van der Waals surface area contributed by atoms with E-state index in [2.05, 4.69) is 32.2 Å². The van der Waals surface area contributed by atoms with Crippen LogP contribution in [0.3, 0.4) is 0 Å². The number of likely N-dealkylation sites (tertiary alicyclic amines) is 1. The molecule has 5 heterocycles. The highest BCUT2D eigenvalue weighted by Crippen LogP contribution is 2.30. The molecule has 2 fully saturated rings. The molecule has 1 aromatic heterocycles. The van der Waals surface area contributed by atoms with Gasteiger partial charge in [0.1, 0.15) is 12.5 Å². The number of rotatable bonds is 4. The van der Waals surface area contributed by atoms with Crippen molar-refractivity contribution in [3.8, 4) is 0 Å². The maximum atomic E-state index is 12.7. The molecule has 2 atom stereocenters. The Hall–Kier alpha value is -2.46. The first-order valence-corrected chi connectivity index (χ1v) is 9.87. The lowest BCUT2D eigenvalue weighted by Crippen LogP contribution is -2.50. The summed E-state index contributed by atoms with van der Waals surface area (Å²) in [4.78, 5) is 27.8. The van der Waals surface area contributed by atoms with Crippen LogP contribution in [0.5, 0.6) is 0 Å². The number of nitrogens with zero attached hydrogens (tertiary/aromatic N) is 6. The summed E-state index contributed by atoms with van der Waals surface area (Å²) in [7, 11) is 0. The van der Waals surface area contributed by atoms with Crippen LogP contribution in [-0.4, -0.2) is 75.7 Å². The molecule has 28 heavy (non-hydrogen) atoms. The van der Waals surface area contributed by atoms with Gasteiger partial charge in [0, 0.05) is 44.5 Å². The second kappa shape index (κ2) is 7.17. The summed E-state index contributed by atoms with van der Waals surface area (Å²) >= 11 is 0.